The van der Waals surface area contributed by atoms with Crippen LogP contribution in [-0.4, -0.2) is 30.7 Å². The Kier molecular flexibility index (Phi) is 11.4. The topological polar surface area (TPSA) is 111 Å². The smallest absolute Gasteiger partial charge is 0.307 e. The van der Waals surface area contributed by atoms with Crippen LogP contribution in [0.3, 0.4) is 0 Å². The molecule has 2 aromatic rings. The van der Waals surface area contributed by atoms with Gasteiger partial charge in [0.1, 0.15) is 6.07 Å². The summed E-state index contributed by atoms with van der Waals surface area (Å²) < 4.78 is 0. The van der Waals surface area contributed by atoms with E-state index >= 15 is 0 Å². The summed E-state index contributed by atoms with van der Waals surface area (Å²) in [4.78, 5) is 10.7. The lowest BCUT2D eigenvalue weighted by molar-refractivity contribution is -0.136. The number of benzene rings is 2. The summed E-state index contributed by atoms with van der Waals surface area (Å²) in [7, 11) is 0. The van der Waals surface area contributed by atoms with Gasteiger partial charge in [0.15, 0.2) is 0 Å². The second-order valence-corrected chi connectivity index (χ2v) is 6.98. The molecular formula is C24H32N4O2. The Morgan fingerprint density at radius 2 is 1.93 bits per heavy atom. The fourth-order valence-electron chi connectivity index (χ4n) is 2.83. The van der Waals surface area contributed by atoms with Crippen LogP contribution in [0.5, 0.6) is 0 Å². The normalized spacial score (nSPS) is 10.8. The van der Waals surface area contributed by atoms with Crippen molar-refractivity contribution in [2.45, 2.75) is 32.6 Å². The quantitative estimate of drug-likeness (QED) is 0.267. The third kappa shape index (κ3) is 8.80. The standard InChI is InChI=1S/C21H26N4O2.C3H6/c1-15(17-8-6-16(7-9-17)12-20(26)27)14-24-10-3-11-25-19-5-2-4-18(13-22)21(19)23;1-3-2/h2,4-9,15,24-25H,3,10-12,14,23H2,1H3,(H,26,27);3H,1H2,2H3. The molecule has 5 N–H and O–H groups in total. The number of allylic oxidation sites excluding steroid dienone is 1. The number of rotatable bonds is 10. The van der Waals surface area contributed by atoms with Crippen molar-refractivity contribution in [1.29, 1.82) is 5.26 Å². The molecule has 0 spiro atoms. The van der Waals surface area contributed by atoms with Crippen molar-refractivity contribution < 1.29 is 9.90 Å². The molecule has 0 fully saturated rings. The van der Waals surface area contributed by atoms with Crippen molar-refractivity contribution in [2.24, 2.45) is 0 Å². The zero-order chi connectivity index (χ0) is 22.4. The number of carboxylic acids is 1. The Labute approximate surface area is 179 Å². The lowest BCUT2D eigenvalue weighted by atomic mass is 9.99. The van der Waals surface area contributed by atoms with E-state index in [1.165, 1.54) is 5.56 Å². The third-order valence-electron chi connectivity index (χ3n) is 4.43. The van der Waals surface area contributed by atoms with Crippen LogP contribution in [0, 0.1) is 11.3 Å². The first-order valence-corrected chi connectivity index (χ1v) is 10.0. The molecule has 0 saturated heterocycles. The summed E-state index contributed by atoms with van der Waals surface area (Å²) in [6.45, 7) is 9.88. The largest absolute Gasteiger partial charge is 0.481 e. The molecule has 1 unspecified atom stereocenters. The van der Waals surface area contributed by atoms with Gasteiger partial charge in [-0.1, -0.05) is 43.3 Å². The van der Waals surface area contributed by atoms with Crippen molar-refractivity contribution >= 4 is 17.3 Å². The van der Waals surface area contributed by atoms with Crippen molar-refractivity contribution in [1.82, 2.24) is 5.32 Å². The van der Waals surface area contributed by atoms with Gasteiger partial charge in [-0.3, -0.25) is 4.79 Å². The monoisotopic (exact) mass is 408 g/mol. The van der Waals surface area contributed by atoms with E-state index in [-0.39, 0.29) is 6.42 Å². The molecule has 2 aromatic carbocycles. The van der Waals surface area contributed by atoms with Gasteiger partial charge in [0.25, 0.3) is 0 Å². The zero-order valence-corrected chi connectivity index (χ0v) is 17.8. The number of carboxylic acid groups (broad SMARTS) is 1. The highest BCUT2D eigenvalue weighted by Crippen LogP contribution is 2.21. The molecule has 1 atom stereocenters. The van der Waals surface area contributed by atoms with Gasteiger partial charge in [0.2, 0.25) is 0 Å². The average molecular weight is 409 g/mol. The maximum atomic E-state index is 10.7. The number of carbonyl (C=O) groups is 1. The number of nitrogens with zero attached hydrogens (tertiary/aromatic N) is 1. The van der Waals surface area contributed by atoms with Crippen LogP contribution in [0.2, 0.25) is 0 Å². The fraction of sp³-hybridized carbons (Fsp3) is 0.333. The van der Waals surface area contributed by atoms with E-state index < -0.39 is 5.97 Å². The number of nitrogens with two attached hydrogens (primary N) is 1. The lowest BCUT2D eigenvalue weighted by Crippen LogP contribution is -2.23. The van der Waals surface area contributed by atoms with E-state index in [9.17, 15) is 4.79 Å². The summed E-state index contributed by atoms with van der Waals surface area (Å²) in [5.41, 5.74) is 9.73. The summed E-state index contributed by atoms with van der Waals surface area (Å²) in [6.07, 6.45) is 2.74. The Hall–Kier alpha value is -3.30. The molecule has 6 nitrogen and oxygen atoms in total. The van der Waals surface area contributed by atoms with Gasteiger partial charge < -0.3 is 21.5 Å². The van der Waals surface area contributed by atoms with Gasteiger partial charge in [0, 0.05) is 13.1 Å². The van der Waals surface area contributed by atoms with Gasteiger partial charge in [0.05, 0.1) is 23.4 Å². The number of nitrogen functional groups attached to an aromatic ring is 1. The Morgan fingerprint density at radius 3 is 2.53 bits per heavy atom. The molecule has 0 radical (unpaired) electrons. The number of para-hydroxylation sites is 1. The molecule has 0 amide bonds. The number of nitrogens with one attached hydrogen (secondary N) is 2. The molecule has 2 rings (SSSR count). The van der Waals surface area contributed by atoms with Crippen molar-refractivity contribution in [2.75, 3.05) is 30.7 Å². The molecule has 0 aliphatic heterocycles. The minimum Gasteiger partial charge on any atom is -0.481 e. The van der Waals surface area contributed by atoms with Gasteiger partial charge in [-0.2, -0.15) is 5.26 Å². The van der Waals surface area contributed by atoms with Gasteiger partial charge in [-0.05, 0) is 49.1 Å². The molecule has 0 aliphatic carbocycles. The zero-order valence-electron chi connectivity index (χ0n) is 17.8. The maximum absolute atomic E-state index is 10.7. The first kappa shape index (κ1) is 24.7. The summed E-state index contributed by atoms with van der Waals surface area (Å²) in [5, 5.41) is 24.5. The van der Waals surface area contributed by atoms with Gasteiger partial charge in [-0.15, -0.1) is 6.58 Å². The summed E-state index contributed by atoms with van der Waals surface area (Å²) >= 11 is 0. The molecule has 0 heterocycles. The minimum atomic E-state index is -0.813. The minimum absolute atomic E-state index is 0.0572. The van der Waals surface area contributed by atoms with E-state index in [4.69, 9.17) is 16.1 Å². The maximum Gasteiger partial charge on any atom is 0.307 e. The number of hydrogen-bond donors (Lipinski definition) is 4. The van der Waals surface area contributed by atoms with Crippen molar-refractivity contribution in [3.05, 3.63) is 71.8 Å². The lowest BCUT2D eigenvalue weighted by Gasteiger charge is -2.14. The van der Waals surface area contributed by atoms with Crippen LogP contribution in [0.15, 0.2) is 55.1 Å². The molecule has 0 aliphatic rings. The highest BCUT2D eigenvalue weighted by molar-refractivity contribution is 5.72. The molecule has 0 saturated carbocycles. The second kappa shape index (κ2) is 13.8. The van der Waals surface area contributed by atoms with Gasteiger partial charge in [-0.25, -0.2) is 0 Å². The SMILES string of the molecule is C=CC.CC(CNCCCNc1cccc(C#N)c1N)c1ccc(CC(=O)O)cc1. The van der Waals surface area contributed by atoms with Crippen LogP contribution in [0.4, 0.5) is 11.4 Å². The molecular weight excluding hydrogens is 376 g/mol. The van der Waals surface area contributed by atoms with Crippen LogP contribution in [-0.2, 0) is 11.2 Å². The van der Waals surface area contributed by atoms with E-state index in [1.807, 2.05) is 43.3 Å². The van der Waals surface area contributed by atoms with Crippen LogP contribution >= 0.6 is 0 Å². The van der Waals surface area contributed by atoms with E-state index in [0.717, 1.165) is 37.3 Å². The number of hydrogen-bond acceptors (Lipinski definition) is 5. The molecule has 0 bridgehead atoms. The summed E-state index contributed by atoms with van der Waals surface area (Å²) in [6, 6.07) is 15.2. The molecule has 30 heavy (non-hydrogen) atoms. The van der Waals surface area contributed by atoms with Crippen molar-refractivity contribution in [3.8, 4) is 6.07 Å². The van der Waals surface area contributed by atoms with Crippen LogP contribution in [0.1, 0.15) is 42.9 Å². The average Bonchev–Trinajstić information content (AvgIpc) is 2.72. The van der Waals surface area contributed by atoms with Crippen LogP contribution < -0.4 is 16.4 Å². The second-order valence-electron chi connectivity index (χ2n) is 6.98. The first-order chi connectivity index (χ1) is 14.4. The molecule has 0 aromatic heterocycles. The van der Waals surface area contributed by atoms with E-state index in [0.29, 0.717) is 17.2 Å². The number of aliphatic carboxylic acids is 1. The fourth-order valence-corrected chi connectivity index (χ4v) is 2.83. The van der Waals surface area contributed by atoms with Crippen LogP contribution in [0.25, 0.3) is 0 Å². The first-order valence-electron chi connectivity index (χ1n) is 10.0. The Morgan fingerprint density at radius 1 is 1.27 bits per heavy atom. The molecule has 160 valence electrons. The van der Waals surface area contributed by atoms with Gasteiger partial charge >= 0.3 is 5.97 Å². The number of nitriles is 1. The van der Waals surface area contributed by atoms with Crippen molar-refractivity contribution in [3.63, 3.8) is 0 Å². The highest BCUT2D eigenvalue weighted by atomic mass is 16.4. The Bertz CT molecular complexity index is 841. The predicted octanol–water partition coefficient (Wildman–Crippen LogP) is 4.16. The third-order valence-corrected chi connectivity index (χ3v) is 4.43. The molecule has 6 heteroatoms. The summed E-state index contributed by atoms with van der Waals surface area (Å²) in [5.74, 6) is -0.466. The number of anilines is 2. The predicted molar refractivity (Wildman–Crippen MR) is 124 cm³/mol. The van der Waals surface area contributed by atoms with E-state index in [2.05, 4.69) is 30.2 Å². The highest BCUT2D eigenvalue weighted by Gasteiger charge is 2.07. The Balaban J connectivity index is 0.00000141. The van der Waals surface area contributed by atoms with E-state index in [1.54, 1.807) is 12.1 Å².